The predicted molar refractivity (Wildman–Crippen MR) is 66.2 cm³/mol. The van der Waals surface area contributed by atoms with Crippen molar-refractivity contribution in [1.82, 2.24) is 5.32 Å². The Morgan fingerprint density at radius 2 is 2.25 bits per heavy atom. The number of halogens is 1. The fourth-order valence-corrected chi connectivity index (χ4v) is 3.01. The monoisotopic (exact) mass is 287 g/mol. The van der Waals surface area contributed by atoms with Crippen LogP contribution in [-0.2, 0) is 5.60 Å². The fraction of sp³-hybridized carbons (Fsp3) is 0.667. The number of furan rings is 1. The topological polar surface area (TPSA) is 45.4 Å². The van der Waals surface area contributed by atoms with E-state index in [9.17, 15) is 5.11 Å². The quantitative estimate of drug-likeness (QED) is 0.899. The molecule has 0 saturated heterocycles. The van der Waals surface area contributed by atoms with Crippen LogP contribution in [0.5, 0.6) is 0 Å². The highest BCUT2D eigenvalue weighted by Crippen LogP contribution is 2.40. The van der Waals surface area contributed by atoms with Crippen LogP contribution in [0.25, 0.3) is 0 Å². The second-order valence-electron chi connectivity index (χ2n) is 4.46. The highest BCUT2D eigenvalue weighted by Gasteiger charge is 2.38. The van der Waals surface area contributed by atoms with Gasteiger partial charge in [0.2, 0.25) is 0 Å². The van der Waals surface area contributed by atoms with E-state index in [2.05, 4.69) is 28.2 Å². The van der Waals surface area contributed by atoms with Crippen LogP contribution in [0.4, 0.5) is 0 Å². The van der Waals surface area contributed by atoms with Crippen LogP contribution >= 0.6 is 15.9 Å². The van der Waals surface area contributed by atoms with Gasteiger partial charge in [-0.05, 0) is 54.2 Å². The maximum atomic E-state index is 10.5. The van der Waals surface area contributed by atoms with Crippen molar-refractivity contribution in [3.8, 4) is 0 Å². The Labute approximate surface area is 104 Å². The Bertz CT molecular complexity index is 343. The third-order valence-corrected chi connectivity index (χ3v) is 3.97. The molecule has 0 spiro atoms. The van der Waals surface area contributed by atoms with Gasteiger partial charge in [0.15, 0.2) is 0 Å². The van der Waals surface area contributed by atoms with Crippen molar-refractivity contribution in [3.05, 3.63) is 22.6 Å². The summed E-state index contributed by atoms with van der Waals surface area (Å²) in [6.45, 7) is 3.11. The summed E-state index contributed by atoms with van der Waals surface area (Å²) in [6.07, 6.45) is 5.14. The van der Waals surface area contributed by atoms with Gasteiger partial charge in [0.1, 0.15) is 11.4 Å². The molecule has 1 saturated carbocycles. The second kappa shape index (κ2) is 4.90. The first-order valence-electron chi connectivity index (χ1n) is 5.85. The second-order valence-corrected chi connectivity index (χ2v) is 5.32. The first kappa shape index (κ1) is 12.1. The molecule has 3 nitrogen and oxygen atoms in total. The van der Waals surface area contributed by atoms with Crippen LogP contribution in [0, 0.1) is 0 Å². The summed E-state index contributed by atoms with van der Waals surface area (Å²) < 4.78 is 6.26. The summed E-state index contributed by atoms with van der Waals surface area (Å²) in [7, 11) is 0. The van der Waals surface area contributed by atoms with E-state index in [-0.39, 0.29) is 0 Å². The van der Waals surface area contributed by atoms with Gasteiger partial charge < -0.3 is 14.8 Å². The smallest absolute Gasteiger partial charge is 0.149 e. The summed E-state index contributed by atoms with van der Waals surface area (Å²) >= 11 is 3.41. The molecule has 1 aromatic heterocycles. The van der Waals surface area contributed by atoms with Crippen molar-refractivity contribution in [3.63, 3.8) is 0 Å². The molecule has 2 N–H and O–H groups in total. The number of hydrogen-bond acceptors (Lipinski definition) is 3. The zero-order valence-corrected chi connectivity index (χ0v) is 11.1. The van der Waals surface area contributed by atoms with Crippen LogP contribution in [0.1, 0.15) is 38.4 Å². The number of aliphatic hydroxyl groups is 1. The Hall–Kier alpha value is -0.320. The molecule has 0 unspecified atom stereocenters. The summed E-state index contributed by atoms with van der Waals surface area (Å²) in [5.74, 6) is 0.683. The van der Waals surface area contributed by atoms with Gasteiger partial charge in [-0.25, -0.2) is 0 Å². The lowest BCUT2D eigenvalue weighted by molar-refractivity contribution is -0.0272. The highest BCUT2D eigenvalue weighted by atomic mass is 79.9. The van der Waals surface area contributed by atoms with Gasteiger partial charge in [-0.15, -0.1) is 0 Å². The summed E-state index contributed by atoms with van der Waals surface area (Å²) in [6, 6.07) is 2.38. The Morgan fingerprint density at radius 1 is 1.56 bits per heavy atom. The van der Waals surface area contributed by atoms with Gasteiger partial charge in [0, 0.05) is 6.04 Å². The molecule has 0 radical (unpaired) electrons. The van der Waals surface area contributed by atoms with Gasteiger partial charge in [-0.2, -0.15) is 0 Å². The van der Waals surface area contributed by atoms with Gasteiger partial charge in [-0.1, -0.05) is 6.92 Å². The molecular formula is C12H18BrNO2. The Morgan fingerprint density at radius 3 is 2.75 bits per heavy atom. The van der Waals surface area contributed by atoms with Crippen molar-refractivity contribution in [1.29, 1.82) is 0 Å². The van der Waals surface area contributed by atoms with Crippen LogP contribution in [-0.4, -0.2) is 17.7 Å². The van der Waals surface area contributed by atoms with E-state index in [1.807, 2.05) is 6.07 Å². The van der Waals surface area contributed by atoms with E-state index in [0.717, 1.165) is 36.7 Å². The summed E-state index contributed by atoms with van der Waals surface area (Å²) in [4.78, 5) is 0. The van der Waals surface area contributed by atoms with E-state index >= 15 is 0 Å². The molecule has 4 heteroatoms. The average molecular weight is 288 g/mol. The van der Waals surface area contributed by atoms with Crippen molar-refractivity contribution in [2.75, 3.05) is 6.54 Å². The Balaban J connectivity index is 2.04. The molecule has 90 valence electrons. The molecule has 1 aliphatic carbocycles. The van der Waals surface area contributed by atoms with Crippen molar-refractivity contribution in [2.45, 2.75) is 44.2 Å². The molecule has 0 aromatic carbocycles. The van der Waals surface area contributed by atoms with E-state index in [1.54, 1.807) is 6.26 Å². The first-order chi connectivity index (χ1) is 7.65. The van der Waals surface area contributed by atoms with E-state index < -0.39 is 5.60 Å². The number of nitrogens with one attached hydrogen (secondary N) is 1. The standard InChI is InChI=1S/C12H18BrNO2/c1-2-14-9-3-6-12(15,7-4-9)11-10(13)5-8-16-11/h5,8-9,14-15H,2-4,6-7H2,1H3. The molecule has 0 aliphatic heterocycles. The molecule has 1 aromatic rings. The maximum Gasteiger partial charge on any atom is 0.149 e. The lowest BCUT2D eigenvalue weighted by Crippen LogP contribution is -2.39. The predicted octanol–water partition coefficient (Wildman–Crippen LogP) is 2.78. The summed E-state index contributed by atoms with van der Waals surface area (Å²) in [5, 5.41) is 14.0. The molecular weight excluding hydrogens is 270 g/mol. The molecule has 1 fully saturated rings. The molecule has 1 aliphatic rings. The molecule has 0 atom stereocenters. The minimum absolute atomic E-state index is 0.541. The van der Waals surface area contributed by atoms with Crippen LogP contribution in [0.15, 0.2) is 21.2 Å². The molecule has 1 heterocycles. The van der Waals surface area contributed by atoms with Gasteiger partial charge >= 0.3 is 0 Å². The average Bonchev–Trinajstić information content (AvgIpc) is 2.69. The van der Waals surface area contributed by atoms with Gasteiger partial charge in [-0.3, -0.25) is 0 Å². The van der Waals surface area contributed by atoms with Crippen molar-refractivity contribution in [2.24, 2.45) is 0 Å². The Kier molecular flexibility index (Phi) is 3.72. The zero-order chi connectivity index (χ0) is 11.6. The van der Waals surface area contributed by atoms with E-state index in [0.29, 0.717) is 11.8 Å². The largest absolute Gasteiger partial charge is 0.465 e. The van der Waals surface area contributed by atoms with E-state index in [4.69, 9.17) is 4.42 Å². The first-order valence-corrected chi connectivity index (χ1v) is 6.64. The maximum absolute atomic E-state index is 10.5. The lowest BCUT2D eigenvalue weighted by atomic mass is 9.80. The SMILES string of the molecule is CCNC1CCC(O)(c2occc2Br)CC1. The van der Waals surface area contributed by atoms with Crippen LogP contribution in [0.2, 0.25) is 0 Å². The minimum Gasteiger partial charge on any atom is -0.465 e. The van der Waals surface area contributed by atoms with Crippen molar-refractivity contribution < 1.29 is 9.52 Å². The molecule has 0 bridgehead atoms. The third-order valence-electron chi connectivity index (χ3n) is 3.35. The highest BCUT2D eigenvalue weighted by molar-refractivity contribution is 9.10. The van der Waals surface area contributed by atoms with Gasteiger partial charge in [0.05, 0.1) is 10.7 Å². The van der Waals surface area contributed by atoms with Gasteiger partial charge in [0.25, 0.3) is 0 Å². The summed E-state index contributed by atoms with van der Waals surface area (Å²) in [5.41, 5.74) is -0.783. The van der Waals surface area contributed by atoms with Crippen LogP contribution < -0.4 is 5.32 Å². The van der Waals surface area contributed by atoms with Crippen LogP contribution in [0.3, 0.4) is 0 Å². The number of hydrogen-bond donors (Lipinski definition) is 2. The molecule has 2 rings (SSSR count). The fourth-order valence-electron chi connectivity index (χ4n) is 2.44. The van der Waals surface area contributed by atoms with Crippen molar-refractivity contribution >= 4 is 15.9 Å². The molecule has 0 amide bonds. The zero-order valence-electron chi connectivity index (χ0n) is 9.50. The third kappa shape index (κ3) is 2.34. The number of rotatable bonds is 3. The van der Waals surface area contributed by atoms with E-state index in [1.165, 1.54) is 0 Å². The minimum atomic E-state index is -0.783. The molecule has 16 heavy (non-hydrogen) atoms. The normalized spacial score (nSPS) is 30.6. The lowest BCUT2D eigenvalue weighted by Gasteiger charge is -2.35.